The van der Waals surface area contributed by atoms with E-state index < -0.39 is 0 Å². The third kappa shape index (κ3) is 4.23. The van der Waals surface area contributed by atoms with E-state index in [0.717, 1.165) is 36.8 Å². The Balaban J connectivity index is 0.00000121. The molecule has 1 aliphatic rings. The van der Waals surface area contributed by atoms with E-state index in [1.165, 1.54) is 6.07 Å². The van der Waals surface area contributed by atoms with E-state index in [-0.39, 0.29) is 30.6 Å². The average Bonchev–Trinajstić information content (AvgIpc) is 2.62. The van der Waals surface area contributed by atoms with Crippen molar-refractivity contribution in [3.05, 3.63) is 54.3 Å². The molecule has 2 heterocycles. The molecule has 0 aliphatic carbocycles. The minimum Gasteiger partial charge on any atom is -0.351 e. The molecule has 7 heteroatoms. The molecular weight excluding hydrogens is 374 g/mol. The van der Waals surface area contributed by atoms with Crippen LogP contribution in [0, 0.1) is 5.82 Å². The predicted molar refractivity (Wildman–Crippen MR) is 109 cm³/mol. The van der Waals surface area contributed by atoms with E-state index in [2.05, 4.69) is 20.6 Å². The van der Waals surface area contributed by atoms with Gasteiger partial charge in [-0.3, -0.25) is 0 Å². The highest BCUT2D eigenvalue weighted by atomic mass is 35.5. The molecule has 138 valence electrons. The summed E-state index contributed by atoms with van der Waals surface area (Å²) in [7, 11) is 0. The Labute approximate surface area is 164 Å². The van der Waals surface area contributed by atoms with Gasteiger partial charge in [0.05, 0.1) is 11.2 Å². The van der Waals surface area contributed by atoms with Gasteiger partial charge in [0, 0.05) is 17.0 Å². The largest absolute Gasteiger partial charge is 0.351 e. The van der Waals surface area contributed by atoms with Crippen LogP contribution in [-0.4, -0.2) is 29.1 Å². The molecule has 3 aromatic rings. The molecule has 2 N–H and O–H groups in total. The first-order valence-electron chi connectivity index (χ1n) is 8.30. The van der Waals surface area contributed by atoms with Crippen LogP contribution in [0.15, 0.2) is 48.5 Å². The average molecular weight is 395 g/mol. The fraction of sp³-hybridized carbons (Fsp3) is 0.263. The number of nitrogens with zero attached hydrogens (tertiary/aromatic N) is 2. The van der Waals surface area contributed by atoms with Crippen LogP contribution in [-0.2, 0) is 0 Å². The monoisotopic (exact) mass is 394 g/mol. The Kier molecular flexibility index (Phi) is 7.14. The molecule has 0 saturated carbocycles. The Morgan fingerprint density at radius 3 is 2.38 bits per heavy atom. The highest BCUT2D eigenvalue weighted by Gasteiger charge is 2.17. The third-order valence-corrected chi connectivity index (χ3v) is 4.40. The molecule has 0 spiro atoms. The van der Waals surface area contributed by atoms with Crippen molar-refractivity contribution >= 4 is 41.7 Å². The van der Waals surface area contributed by atoms with Crippen LogP contribution in [0.2, 0.25) is 0 Å². The van der Waals surface area contributed by atoms with Gasteiger partial charge < -0.3 is 10.6 Å². The second-order valence-electron chi connectivity index (χ2n) is 6.06. The number of aromatic nitrogens is 2. The number of para-hydroxylation sites is 1. The van der Waals surface area contributed by atoms with Crippen molar-refractivity contribution in [2.24, 2.45) is 0 Å². The van der Waals surface area contributed by atoms with Gasteiger partial charge >= 0.3 is 0 Å². The van der Waals surface area contributed by atoms with Crippen molar-refractivity contribution in [3.63, 3.8) is 0 Å². The Bertz CT molecular complexity index is 869. The summed E-state index contributed by atoms with van der Waals surface area (Å²) in [5.41, 5.74) is 1.96. The lowest BCUT2D eigenvalue weighted by atomic mass is 10.1. The second-order valence-corrected chi connectivity index (χ2v) is 6.06. The number of hydrogen-bond donors (Lipinski definition) is 2. The molecule has 0 radical (unpaired) electrons. The van der Waals surface area contributed by atoms with Crippen LogP contribution >= 0.6 is 24.8 Å². The first kappa shape index (κ1) is 20.4. The van der Waals surface area contributed by atoms with Gasteiger partial charge in [-0.1, -0.05) is 30.3 Å². The van der Waals surface area contributed by atoms with Crippen molar-refractivity contribution in [3.8, 4) is 11.3 Å². The van der Waals surface area contributed by atoms with Gasteiger partial charge in [0.1, 0.15) is 5.82 Å². The summed E-state index contributed by atoms with van der Waals surface area (Å²) >= 11 is 0. The predicted octanol–water partition coefficient (Wildman–Crippen LogP) is 4.44. The molecule has 0 amide bonds. The van der Waals surface area contributed by atoms with E-state index in [4.69, 9.17) is 0 Å². The van der Waals surface area contributed by atoms with Crippen LogP contribution in [0.5, 0.6) is 0 Å². The topological polar surface area (TPSA) is 49.8 Å². The van der Waals surface area contributed by atoms with Crippen molar-refractivity contribution in [2.45, 2.75) is 18.9 Å². The number of rotatable bonds is 3. The number of benzene rings is 2. The minimum absolute atomic E-state index is 0. The zero-order valence-corrected chi connectivity index (χ0v) is 15.7. The van der Waals surface area contributed by atoms with Crippen molar-refractivity contribution in [2.75, 3.05) is 18.4 Å². The summed E-state index contributed by atoms with van der Waals surface area (Å²) in [4.78, 5) is 9.26. The standard InChI is InChI=1S/C19H19FN4.2ClH/c20-16-7-3-1-5-14(16)18-15-6-2-4-8-17(15)23-19(24-18)22-13-9-11-21-12-10-13;;/h1-8,13,21H,9-12H2,(H,22,23,24);2*1H. The molecule has 2 aromatic carbocycles. The molecule has 4 nitrogen and oxygen atoms in total. The summed E-state index contributed by atoms with van der Waals surface area (Å²) < 4.78 is 14.3. The van der Waals surface area contributed by atoms with Crippen LogP contribution in [0.4, 0.5) is 10.3 Å². The molecule has 26 heavy (non-hydrogen) atoms. The van der Waals surface area contributed by atoms with Gasteiger partial charge in [-0.2, -0.15) is 0 Å². The van der Waals surface area contributed by atoms with Gasteiger partial charge in [-0.05, 0) is 44.1 Å². The van der Waals surface area contributed by atoms with E-state index in [1.807, 2.05) is 30.3 Å². The van der Waals surface area contributed by atoms with Crippen LogP contribution < -0.4 is 10.6 Å². The number of anilines is 1. The zero-order chi connectivity index (χ0) is 16.4. The fourth-order valence-electron chi connectivity index (χ4n) is 3.15. The van der Waals surface area contributed by atoms with Crippen LogP contribution in [0.1, 0.15) is 12.8 Å². The number of hydrogen-bond acceptors (Lipinski definition) is 4. The van der Waals surface area contributed by atoms with Crippen LogP contribution in [0.3, 0.4) is 0 Å². The lowest BCUT2D eigenvalue weighted by Gasteiger charge is -2.24. The van der Waals surface area contributed by atoms with E-state index in [0.29, 0.717) is 23.2 Å². The first-order valence-corrected chi connectivity index (χ1v) is 8.30. The minimum atomic E-state index is -0.269. The van der Waals surface area contributed by atoms with Crippen LogP contribution in [0.25, 0.3) is 22.2 Å². The lowest BCUT2D eigenvalue weighted by molar-refractivity contribution is 0.477. The molecule has 1 aliphatic heterocycles. The summed E-state index contributed by atoms with van der Waals surface area (Å²) in [5, 5.41) is 7.62. The smallest absolute Gasteiger partial charge is 0.224 e. The maximum absolute atomic E-state index is 14.3. The number of nitrogens with one attached hydrogen (secondary N) is 2. The molecular formula is C19H21Cl2FN4. The van der Waals surface area contributed by atoms with Crippen molar-refractivity contribution in [1.82, 2.24) is 15.3 Å². The lowest BCUT2D eigenvalue weighted by Crippen LogP contribution is -2.35. The molecule has 4 rings (SSSR count). The first-order chi connectivity index (χ1) is 11.8. The maximum atomic E-state index is 14.3. The quantitative estimate of drug-likeness (QED) is 0.688. The fourth-order valence-corrected chi connectivity index (χ4v) is 3.15. The summed E-state index contributed by atoms with van der Waals surface area (Å²) in [6.45, 7) is 1.98. The normalized spacial score (nSPS) is 14.3. The maximum Gasteiger partial charge on any atom is 0.224 e. The van der Waals surface area contributed by atoms with Gasteiger partial charge in [-0.25, -0.2) is 14.4 Å². The van der Waals surface area contributed by atoms with E-state index in [9.17, 15) is 4.39 Å². The molecule has 0 atom stereocenters. The SMILES string of the molecule is Cl.Cl.Fc1ccccc1-c1nc(NC2CCNCC2)nc2ccccc12. The van der Waals surface area contributed by atoms with Crippen molar-refractivity contribution < 1.29 is 4.39 Å². The molecule has 1 saturated heterocycles. The Morgan fingerprint density at radius 1 is 0.923 bits per heavy atom. The number of fused-ring (bicyclic) bond motifs is 1. The second kappa shape index (κ2) is 9.12. The summed E-state index contributed by atoms with van der Waals surface area (Å²) in [6, 6.07) is 14.8. The van der Waals surface area contributed by atoms with E-state index >= 15 is 0 Å². The highest BCUT2D eigenvalue weighted by Crippen LogP contribution is 2.29. The number of piperidine rings is 1. The Hall–Kier alpha value is -1.95. The summed E-state index contributed by atoms with van der Waals surface area (Å²) in [5.74, 6) is 0.299. The van der Waals surface area contributed by atoms with Gasteiger partial charge in [0.25, 0.3) is 0 Å². The van der Waals surface area contributed by atoms with Gasteiger partial charge in [-0.15, -0.1) is 24.8 Å². The molecule has 0 bridgehead atoms. The molecule has 1 aromatic heterocycles. The van der Waals surface area contributed by atoms with Gasteiger partial charge in [0.15, 0.2) is 0 Å². The third-order valence-electron chi connectivity index (χ3n) is 4.40. The summed E-state index contributed by atoms with van der Waals surface area (Å²) in [6.07, 6.45) is 2.07. The van der Waals surface area contributed by atoms with Crippen molar-refractivity contribution in [1.29, 1.82) is 0 Å². The highest BCUT2D eigenvalue weighted by molar-refractivity contribution is 5.93. The number of halogens is 3. The molecule has 0 unspecified atom stereocenters. The van der Waals surface area contributed by atoms with Gasteiger partial charge in [0.2, 0.25) is 5.95 Å². The zero-order valence-electron chi connectivity index (χ0n) is 14.1. The molecule has 1 fully saturated rings. The van der Waals surface area contributed by atoms with E-state index in [1.54, 1.807) is 12.1 Å². The Morgan fingerprint density at radius 2 is 1.62 bits per heavy atom.